The Kier molecular flexibility index (Phi) is 8.48. The van der Waals surface area contributed by atoms with Gasteiger partial charge in [0.2, 0.25) is 0 Å². The van der Waals surface area contributed by atoms with Crippen molar-refractivity contribution in [2.75, 3.05) is 39.8 Å². The van der Waals surface area contributed by atoms with Gasteiger partial charge in [-0.3, -0.25) is 9.98 Å². The average Bonchev–Trinajstić information content (AvgIpc) is 2.87. The van der Waals surface area contributed by atoms with Crippen molar-refractivity contribution in [1.29, 1.82) is 0 Å². The highest BCUT2D eigenvalue weighted by atomic mass is 15.2. The molecule has 5 nitrogen and oxygen atoms in total. The highest BCUT2D eigenvalue weighted by Crippen LogP contribution is 2.09. The Morgan fingerprint density at radius 2 is 1.91 bits per heavy atom. The smallest absolute Gasteiger partial charge is 0.190 e. The number of guanidine groups is 1. The summed E-state index contributed by atoms with van der Waals surface area (Å²) in [6, 6.07) is 6.03. The molecule has 23 heavy (non-hydrogen) atoms. The van der Waals surface area contributed by atoms with E-state index in [0.717, 1.165) is 31.2 Å². The predicted molar refractivity (Wildman–Crippen MR) is 96.8 cm³/mol. The van der Waals surface area contributed by atoms with Crippen LogP contribution in [-0.4, -0.2) is 55.6 Å². The van der Waals surface area contributed by atoms with Gasteiger partial charge in [0.05, 0.1) is 0 Å². The van der Waals surface area contributed by atoms with Crippen LogP contribution in [0.4, 0.5) is 0 Å². The Labute approximate surface area is 140 Å². The summed E-state index contributed by atoms with van der Waals surface area (Å²) in [6.07, 6.45) is 9.46. The molecular formula is C18H31N5. The minimum Gasteiger partial charge on any atom is -0.356 e. The molecule has 1 saturated heterocycles. The van der Waals surface area contributed by atoms with Gasteiger partial charge in [0, 0.05) is 38.4 Å². The zero-order chi connectivity index (χ0) is 16.2. The van der Waals surface area contributed by atoms with Gasteiger partial charge < -0.3 is 15.5 Å². The van der Waals surface area contributed by atoms with Gasteiger partial charge in [-0.05, 0) is 51.0 Å². The van der Waals surface area contributed by atoms with E-state index in [4.69, 9.17) is 0 Å². The van der Waals surface area contributed by atoms with Crippen molar-refractivity contribution in [2.45, 2.75) is 38.5 Å². The third-order valence-electron chi connectivity index (χ3n) is 4.27. The summed E-state index contributed by atoms with van der Waals surface area (Å²) in [4.78, 5) is 11.2. The molecule has 0 saturated carbocycles. The number of aliphatic imine (C=N–C) groups is 1. The fourth-order valence-electron chi connectivity index (χ4n) is 2.94. The molecule has 1 aliphatic heterocycles. The zero-order valence-electron chi connectivity index (χ0n) is 14.4. The summed E-state index contributed by atoms with van der Waals surface area (Å²) < 4.78 is 0. The Balaban J connectivity index is 1.55. The molecule has 2 rings (SSSR count). The third kappa shape index (κ3) is 7.46. The van der Waals surface area contributed by atoms with Crippen molar-refractivity contribution in [1.82, 2.24) is 20.5 Å². The van der Waals surface area contributed by atoms with Gasteiger partial charge in [-0.2, -0.15) is 0 Å². The molecule has 128 valence electrons. The van der Waals surface area contributed by atoms with Gasteiger partial charge >= 0.3 is 0 Å². The lowest BCUT2D eigenvalue weighted by atomic mass is 10.2. The number of aromatic nitrogens is 1. The molecule has 1 aromatic heterocycles. The second kappa shape index (κ2) is 11.0. The van der Waals surface area contributed by atoms with E-state index >= 15 is 0 Å². The normalized spacial score (nSPS) is 16.8. The Morgan fingerprint density at radius 3 is 2.61 bits per heavy atom. The van der Waals surface area contributed by atoms with Crippen molar-refractivity contribution in [3.63, 3.8) is 0 Å². The van der Waals surface area contributed by atoms with Gasteiger partial charge in [-0.15, -0.1) is 0 Å². The maximum Gasteiger partial charge on any atom is 0.190 e. The van der Waals surface area contributed by atoms with Crippen molar-refractivity contribution < 1.29 is 0 Å². The fourth-order valence-corrected chi connectivity index (χ4v) is 2.94. The van der Waals surface area contributed by atoms with Crippen LogP contribution < -0.4 is 10.6 Å². The predicted octanol–water partition coefficient (Wildman–Crippen LogP) is 2.06. The van der Waals surface area contributed by atoms with E-state index in [1.807, 2.05) is 25.4 Å². The molecule has 0 bridgehead atoms. The molecule has 0 radical (unpaired) electrons. The average molecular weight is 317 g/mol. The van der Waals surface area contributed by atoms with Crippen LogP contribution in [-0.2, 0) is 6.42 Å². The Bertz CT molecular complexity index is 438. The van der Waals surface area contributed by atoms with Crippen LogP contribution in [0.25, 0.3) is 0 Å². The lowest BCUT2D eigenvalue weighted by Gasteiger charge is -2.20. The molecule has 1 fully saturated rings. The molecule has 1 aliphatic rings. The lowest BCUT2D eigenvalue weighted by Crippen LogP contribution is -2.39. The zero-order valence-corrected chi connectivity index (χ0v) is 14.4. The molecule has 2 heterocycles. The minimum absolute atomic E-state index is 0.850. The summed E-state index contributed by atoms with van der Waals surface area (Å²) in [7, 11) is 1.82. The molecule has 1 aromatic rings. The Morgan fingerprint density at radius 1 is 1.13 bits per heavy atom. The number of nitrogens with one attached hydrogen (secondary N) is 2. The molecule has 0 aliphatic carbocycles. The van der Waals surface area contributed by atoms with Crippen LogP contribution in [0.1, 0.15) is 37.8 Å². The quantitative estimate of drug-likeness (QED) is 0.459. The second-order valence-corrected chi connectivity index (χ2v) is 6.11. The van der Waals surface area contributed by atoms with E-state index in [0.29, 0.717) is 0 Å². The summed E-state index contributed by atoms with van der Waals surface area (Å²) in [5, 5.41) is 6.75. The summed E-state index contributed by atoms with van der Waals surface area (Å²) >= 11 is 0. The van der Waals surface area contributed by atoms with Crippen molar-refractivity contribution in [3.8, 4) is 0 Å². The maximum atomic E-state index is 4.33. The van der Waals surface area contributed by atoms with E-state index in [1.54, 1.807) is 0 Å². The van der Waals surface area contributed by atoms with E-state index in [9.17, 15) is 0 Å². The van der Waals surface area contributed by atoms with Gasteiger partial charge in [-0.1, -0.05) is 18.9 Å². The topological polar surface area (TPSA) is 52.6 Å². The van der Waals surface area contributed by atoms with Crippen LogP contribution >= 0.6 is 0 Å². The first-order valence-corrected chi connectivity index (χ1v) is 8.95. The first kappa shape index (κ1) is 17.7. The van der Waals surface area contributed by atoms with Crippen LogP contribution in [0, 0.1) is 0 Å². The van der Waals surface area contributed by atoms with Crippen molar-refractivity contribution in [2.24, 2.45) is 4.99 Å². The number of likely N-dealkylation sites (tertiary alicyclic amines) is 1. The molecule has 5 heteroatoms. The van der Waals surface area contributed by atoms with Gasteiger partial charge in [-0.25, -0.2) is 0 Å². The number of hydrogen-bond acceptors (Lipinski definition) is 3. The molecule has 0 aromatic carbocycles. The molecule has 0 atom stereocenters. The van der Waals surface area contributed by atoms with E-state index < -0.39 is 0 Å². The van der Waals surface area contributed by atoms with Crippen molar-refractivity contribution in [3.05, 3.63) is 30.1 Å². The maximum absolute atomic E-state index is 4.33. The largest absolute Gasteiger partial charge is 0.356 e. The van der Waals surface area contributed by atoms with Gasteiger partial charge in [0.15, 0.2) is 5.96 Å². The van der Waals surface area contributed by atoms with Crippen LogP contribution in [0.15, 0.2) is 29.4 Å². The van der Waals surface area contributed by atoms with E-state index in [2.05, 4.69) is 31.6 Å². The van der Waals surface area contributed by atoms with E-state index in [1.165, 1.54) is 51.7 Å². The monoisotopic (exact) mass is 317 g/mol. The number of pyridine rings is 1. The summed E-state index contributed by atoms with van der Waals surface area (Å²) in [6.45, 7) is 5.56. The molecule has 0 amide bonds. The summed E-state index contributed by atoms with van der Waals surface area (Å²) in [5.74, 6) is 0.886. The highest BCUT2D eigenvalue weighted by Gasteiger charge is 2.08. The van der Waals surface area contributed by atoms with Crippen LogP contribution in [0.2, 0.25) is 0 Å². The number of rotatable bonds is 7. The standard InChI is InChI=1S/C18H31N5/c1-19-18(22-13-10-17-9-4-5-11-20-17)21-12-8-16-23-14-6-2-3-7-15-23/h4-5,9,11H,2-3,6-8,10,12-16H2,1H3,(H2,19,21,22). The molecule has 2 N–H and O–H groups in total. The molecule has 0 spiro atoms. The van der Waals surface area contributed by atoms with E-state index in [-0.39, 0.29) is 0 Å². The first-order valence-electron chi connectivity index (χ1n) is 8.95. The molecular weight excluding hydrogens is 286 g/mol. The Hall–Kier alpha value is -1.62. The number of nitrogens with zero attached hydrogens (tertiary/aromatic N) is 3. The van der Waals surface area contributed by atoms with Gasteiger partial charge in [0.1, 0.15) is 0 Å². The molecule has 0 unspecified atom stereocenters. The first-order chi connectivity index (χ1) is 11.4. The van der Waals surface area contributed by atoms with Gasteiger partial charge in [0.25, 0.3) is 0 Å². The fraction of sp³-hybridized carbons (Fsp3) is 0.667. The second-order valence-electron chi connectivity index (χ2n) is 6.11. The summed E-state index contributed by atoms with van der Waals surface area (Å²) in [5.41, 5.74) is 1.11. The van der Waals surface area contributed by atoms with Crippen molar-refractivity contribution >= 4 is 5.96 Å². The lowest BCUT2D eigenvalue weighted by molar-refractivity contribution is 0.282. The minimum atomic E-state index is 0.850. The van der Waals surface area contributed by atoms with Crippen LogP contribution in [0.3, 0.4) is 0 Å². The highest BCUT2D eigenvalue weighted by molar-refractivity contribution is 5.79. The SMILES string of the molecule is CN=C(NCCCN1CCCCCC1)NCCc1ccccn1. The third-order valence-corrected chi connectivity index (χ3v) is 4.27. The number of hydrogen-bond donors (Lipinski definition) is 2. The van der Waals surface area contributed by atoms with Crippen LogP contribution in [0.5, 0.6) is 0 Å².